The first-order valence-corrected chi connectivity index (χ1v) is 12.1. The van der Waals surface area contributed by atoms with Crippen LogP contribution in [0.25, 0.3) is 0 Å². The highest BCUT2D eigenvalue weighted by atomic mass is 32.1. The van der Waals surface area contributed by atoms with Crippen LogP contribution in [0.2, 0.25) is 0 Å². The third kappa shape index (κ3) is 4.78. The smallest absolute Gasteiger partial charge is 0.315 e. The van der Waals surface area contributed by atoms with Crippen molar-refractivity contribution in [2.75, 3.05) is 6.54 Å². The van der Waals surface area contributed by atoms with Crippen molar-refractivity contribution in [2.45, 2.75) is 75.2 Å². The van der Waals surface area contributed by atoms with Crippen molar-refractivity contribution < 1.29 is 9.53 Å². The lowest BCUT2D eigenvalue weighted by Crippen LogP contribution is -2.47. The Labute approximate surface area is 182 Å². The predicted molar refractivity (Wildman–Crippen MR) is 118 cm³/mol. The second-order valence-electron chi connectivity index (χ2n) is 8.78. The molecule has 0 unspecified atom stereocenters. The molecule has 0 spiro atoms. The topological polar surface area (TPSA) is 66.5 Å². The zero-order chi connectivity index (χ0) is 20.3. The van der Waals surface area contributed by atoms with Crippen LogP contribution >= 0.6 is 11.3 Å². The molecule has 2 aliphatic heterocycles. The molecule has 0 radical (unpaired) electrons. The number of ether oxygens (including phenoxy) is 1. The van der Waals surface area contributed by atoms with E-state index >= 15 is 0 Å². The number of aromatic nitrogens is 1. The van der Waals surface area contributed by atoms with Gasteiger partial charge in [-0.1, -0.05) is 41.7 Å². The summed E-state index contributed by atoms with van der Waals surface area (Å²) in [5.74, 6) is 0. The quantitative estimate of drug-likeness (QED) is 0.667. The molecule has 160 valence electrons. The van der Waals surface area contributed by atoms with Crippen LogP contribution in [0.3, 0.4) is 0 Å². The minimum atomic E-state index is -0.0371. The average Bonchev–Trinajstić information content (AvgIpc) is 3.35. The summed E-state index contributed by atoms with van der Waals surface area (Å²) in [6.45, 7) is 1.00. The van der Waals surface area contributed by atoms with Crippen LogP contribution in [0, 0.1) is 0 Å². The summed E-state index contributed by atoms with van der Waals surface area (Å²) in [5.41, 5.74) is 1.18. The fourth-order valence-electron chi connectivity index (χ4n) is 5.00. The van der Waals surface area contributed by atoms with Crippen LogP contribution in [0.5, 0.6) is 5.19 Å². The van der Waals surface area contributed by atoms with Gasteiger partial charge in [0, 0.05) is 36.2 Å². The lowest BCUT2D eigenvalue weighted by molar-refractivity contribution is 0.0471. The summed E-state index contributed by atoms with van der Waals surface area (Å²) < 4.78 is 6.13. The number of nitrogens with one attached hydrogen (secondary N) is 2. The summed E-state index contributed by atoms with van der Waals surface area (Å²) in [6.07, 6.45) is 9.84. The van der Waals surface area contributed by atoms with Crippen molar-refractivity contribution in [2.24, 2.45) is 0 Å². The molecule has 2 aromatic rings. The molecule has 1 aromatic carbocycles. The van der Waals surface area contributed by atoms with Crippen molar-refractivity contribution >= 4 is 17.4 Å². The summed E-state index contributed by atoms with van der Waals surface area (Å²) in [7, 11) is 0. The first-order chi connectivity index (χ1) is 14.7. The Kier molecular flexibility index (Phi) is 5.91. The monoisotopic (exact) mass is 426 g/mol. The highest BCUT2D eigenvalue weighted by Crippen LogP contribution is 2.38. The van der Waals surface area contributed by atoms with Gasteiger partial charge in [-0.25, -0.2) is 9.78 Å². The molecule has 2 amide bonds. The second kappa shape index (κ2) is 8.94. The van der Waals surface area contributed by atoms with E-state index in [2.05, 4.69) is 32.7 Å². The van der Waals surface area contributed by atoms with Gasteiger partial charge in [0.05, 0.1) is 6.04 Å². The molecule has 6 nitrogen and oxygen atoms in total. The van der Waals surface area contributed by atoms with Gasteiger partial charge < -0.3 is 15.4 Å². The van der Waals surface area contributed by atoms with Crippen LogP contribution in [0.15, 0.2) is 41.9 Å². The van der Waals surface area contributed by atoms with E-state index < -0.39 is 0 Å². The summed E-state index contributed by atoms with van der Waals surface area (Å²) in [5, 5.41) is 9.05. The molecule has 3 fully saturated rings. The van der Waals surface area contributed by atoms with E-state index in [0.717, 1.165) is 43.8 Å². The normalized spacial score (nSPS) is 26.9. The summed E-state index contributed by atoms with van der Waals surface area (Å²) in [4.78, 5) is 19.4. The van der Waals surface area contributed by atoms with E-state index in [4.69, 9.17) is 4.74 Å². The number of thiazole rings is 1. The number of piperidine rings is 1. The minimum Gasteiger partial charge on any atom is -0.467 e. The highest BCUT2D eigenvalue weighted by Gasteiger charge is 2.41. The number of hydrogen-bond donors (Lipinski definition) is 2. The van der Waals surface area contributed by atoms with Gasteiger partial charge in [-0.3, -0.25) is 4.90 Å². The molecule has 3 heterocycles. The molecule has 2 saturated heterocycles. The number of amides is 2. The number of hydrogen-bond acceptors (Lipinski definition) is 5. The van der Waals surface area contributed by atoms with E-state index in [1.165, 1.54) is 18.4 Å². The van der Waals surface area contributed by atoms with Gasteiger partial charge in [-0.2, -0.15) is 0 Å². The number of carbonyl (C=O) groups is 1. The molecular weight excluding hydrogens is 396 g/mol. The fraction of sp³-hybridized carbons (Fsp3) is 0.565. The van der Waals surface area contributed by atoms with Crippen molar-refractivity contribution in [1.82, 2.24) is 20.5 Å². The molecule has 30 heavy (non-hydrogen) atoms. The maximum absolute atomic E-state index is 12.4. The molecule has 3 aliphatic rings. The van der Waals surface area contributed by atoms with Gasteiger partial charge in [0.2, 0.25) is 0 Å². The fourth-order valence-corrected chi connectivity index (χ4v) is 5.55. The number of fused-ring (bicyclic) bond motifs is 2. The number of carbonyl (C=O) groups excluding carboxylic acids is 1. The molecule has 2 bridgehead atoms. The Balaban J connectivity index is 1.19. The third-order valence-electron chi connectivity index (χ3n) is 6.61. The highest BCUT2D eigenvalue weighted by molar-refractivity contribution is 7.11. The predicted octanol–water partition coefficient (Wildman–Crippen LogP) is 4.11. The zero-order valence-corrected chi connectivity index (χ0v) is 18.0. The SMILES string of the molecule is O=C(NC1CC1)N[C@@H](CCN1[C@H]2CC[C@H]1CC(Oc1nccs1)C2)c1ccccc1. The summed E-state index contributed by atoms with van der Waals surface area (Å²) >= 11 is 1.57. The van der Waals surface area contributed by atoms with Crippen LogP contribution in [-0.2, 0) is 0 Å². The lowest BCUT2D eigenvalue weighted by atomic mass is 9.97. The van der Waals surface area contributed by atoms with E-state index in [9.17, 15) is 4.79 Å². The van der Waals surface area contributed by atoms with E-state index in [0.29, 0.717) is 18.1 Å². The average molecular weight is 427 g/mol. The van der Waals surface area contributed by atoms with Crippen molar-refractivity contribution in [1.29, 1.82) is 0 Å². The Hall–Kier alpha value is -2.12. The Bertz CT molecular complexity index is 813. The maximum atomic E-state index is 12.4. The van der Waals surface area contributed by atoms with Gasteiger partial charge in [0.25, 0.3) is 5.19 Å². The summed E-state index contributed by atoms with van der Waals surface area (Å²) in [6, 6.07) is 11.9. The molecule has 5 rings (SSSR count). The van der Waals surface area contributed by atoms with Gasteiger partial charge >= 0.3 is 6.03 Å². The van der Waals surface area contributed by atoms with Gasteiger partial charge in [0.15, 0.2) is 0 Å². The molecule has 1 aliphatic carbocycles. The minimum absolute atomic E-state index is 0.0358. The lowest BCUT2D eigenvalue weighted by Gasteiger charge is -2.39. The number of benzene rings is 1. The molecule has 1 saturated carbocycles. The van der Waals surface area contributed by atoms with E-state index in [1.807, 2.05) is 23.6 Å². The Morgan fingerprint density at radius 2 is 1.93 bits per heavy atom. The standard InChI is InChI=1S/C23H30N4O2S/c28-22(25-17-6-7-17)26-21(16-4-2-1-3-5-16)10-12-27-18-8-9-19(27)15-20(14-18)29-23-24-11-13-30-23/h1-5,11,13,17-21H,6-10,12,14-15H2,(H2,25,26,28)/t18-,19-,21-/m0/s1. The molecule has 2 N–H and O–H groups in total. The van der Waals surface area contributed by atoms with Crippen molar-refractivity contribution in [3.8, 4) is 5.19 Å². The van der Waals surface area contributed by atoms with Gasteiger partial charge in [0.1, 0.15) is 6.10 Å². The second-order valence-corrected chi connectivity index (χ2v) is 9.63. The molecular formula is C23H30N4O2S. The largest absolute Gasteiger partial charge is 0.467 e. The van der Waals surface area contributed by atoms with Crippen LogP contribution in [0.4, 0.5) is 4.79 Å². The van der Waals surface area contributed by atoms with Crippen molar-refractivity contribution in [3.63, 3.8) is 0 Å². The van der Waals surface area contributed by atoms with E-state index in [1.54, 1.807) is 17.5 Å². The number of rotatable bonds is 8. The van der Waals surface area contributed by atoms with Crippen molar-refractivity contribution in [3.05, 3.63) is 47.5 Å². The maximum Gasteiger partial charge on any atom is 0.315 e. The first kappa shape index (κ1) is 19.8. The Morgan fingerprint density at radius 3 is 2.60 bits per heavy atom. The molecule has 1 aromatic heterocycles. The van der Waals surface area contributed by atoms with Crippen LogP contribution < -0.4 is 15.4 Å². The number of nitrogens with zero attached hydrogens (tertiary/aromatic N) is 2. The number of urea groups is 1. The Morgan fingerprint density at radius 1 is 1.17 bits per heavy atom. The molecule has 7 heteroatoms. The first-order valence-electron chi connectivity index (χ1n) is 11.2. The van der Waals surface area contributed by atoms with Crippen LogP contribution in [-0.4, -0.2) is 46.7 Å². The van der Waals surface area contributed by atoms with Gasteiger partial charge in [-0.05, 0) is 50.5 Å². The van der Waals surface area contributed by atoms with Gasteiger partial charge in [-0.15, -0.1) is 0 Å². The van der Waals surface area contributed by atoms with E-state index in [-0.39, 0.29) is 18.2 Å². The van der Waals surface area contributed by atoms with Crippen LogP contribution in [0.1, 0.15) is 56.6 Å². The third-order valence-corrected chi connectivity index (χ3v) is 7.28. The molecule has 3 atom stereocenters. The zero-order valence-electron chi connectivity index (χ0n) is 17.2.